The topological polar surface area (TPSA) is 35.2 Å². The van der Waals surface area contributed by atoms with E-state index in [1.165, 1.54) is 18.8 Å². The van der Waals surface area contributed by atoms with Crippen LogP contribution in [0.1, 0.15) is 31.4 Å². The number of piperazine rings is 3. The van der Waals surface area contributed by atoms with Gasteiger partial charge in [-0.3, -0.25) is 9.80 Å². The molecule has 3 aliphatic heterocycles. The van der Waals surface area contributed by atoms with Crippen molar-refractivity contribution in [1.82, 2.24) is 19.8 Å². The number of rotatable bonds is 3. The molecule has 0 aromatic carbocycles. The molecule has 0 aliphatic carbocycles. The van der Waals surface area contributed by atoms with Crippen LogP contribution < -0.4 is 0 Å². The van der Waals surface area contributed by atoms with Gasteiger partial charge in [-0.1, -0.05) is 26.1 Å². The molecule has 1 atom stereocenters. The molecule has 0 amide bonds. The van der Waals surface area contributed by atoms with E-state index >= 15 is 0 Å². The van der Waals surface area contributed by atoms with Crippen LogP contribution in [0.25, 0.3) is 0 Å². The highest BCUT2D eigenvalue weighted by Gasteiger charge is 2.34. The highest BCUT2D eigenvalue weighted by atomic mass is 32.1. The van der Waals surface area contributed by atoms with E-state index < -0.39 is 0 Å². The van der Waals surface area contributed by atoms with Gasteiger partial charge >= 0.3 is 0 Å². The van der Waals surface area contributed by atoms with Gasteiger partial charge in [0.1, 0.15) is 10.5 Å². The van der Waals surface area contributed by atoms with Crippen molar-refractivity contribution in [3.63, 3.8) is 0 Å². The summed E-state index contributed by atoms with van der Waals surface area (Å²) in [6.45, 7) is 10.3. The third-order valence-corrected chi connectivity index (χ3v) is 4.25. The molecule has 104 valence electrons. The van der Waals surface area contributed by atoms with Crippen LogP contribution in [0.3, 0.4) is 0 Å². The van der Waals surface area contributed by atoms with Crippen molar-refractivity contribution in [2.75, 3.05) is 32.7 Å². The fraction of sp³-hybridized carbons (Fsp3) is 0.714. The average molecular weight is 278 g/mol. The Hall–Kier alpha value is -0.780. The largest absolute Gasteiger partial charge is 0.346 e. The lowest BCUT2D eigenvalue weighted by Crippen LogP contribution is -2.57. The number of hydrogen-bond donors (Lipinski definition) is 1. The van der Waals surface area contributed by atoms with Crippen LogP contribution in [0.2, 0.25) is 0 Å². The number of aromatic nitrogens is 2. The van der Waals surface area contributed by atoms with E-state index in [1.807, 2.05) is 6.07 Å². The van der Waals surface area contributed by atoms with Crippen molar-refractivity contribution < 1.29 is 0 Å². The molecule has 3 aliphatic rings. The second-order valence-electron chi connectivity index (χ2n) is 6.08. The molecule has 19 heavy (non-hydrogen) atoms. The summed E-state index contributed by atoms with van der Waals surface area (Å²) in [5, 5.41) is 0. The standard InChI is InChI=1S/C14H22N4S/c1-10(2)7-11-8-13(19)16-14(15-11)12-9-17-3-5-18(12)6-4-17/h8,10,12H,3-7,9H2,1-2H3,(H,15,16,19). The molecule has 0 spiro atoms. The molecule has 0 radical (unpaired) electrons. The fourth-order valence-corrected chi connectivity index (χ4v) is 3.35. The molecule has 4 heterocycles. The average Bonchev–Trinajstić information content (AvgIpc) is 2.38. The SMILES string of the molecule is CC(C)Cc1cc(=S)nc(C2CN3CCN2CC3)[nH]1. The maximum atomic E-state index is 5.33. The zero-order valence-electron chi connectivity index (χ0n) is 11.7. The molecule has 0 saturated carbocycles. The lowest BCUT2D eigenvalue weighted by atomic mass is 10.1. The quantitative estimate of drug-likeness (QED) is 0.858. The molecule has 1 aromatic rings. The summed E-state index contributed by atoms with van der Waals surface area (Å²) in [5.41, 5.74) is 1.22. The van der Waals surface area contributed by atoms with Gasteiger partial charge in [-0.25, -0.2) is 4.98 Å². The normalized spacial score (nSPS) is 29.9. The number of nitrogens with one attached hydrogen (secondary N) is 1. The number of H-pyrrole nitrogens is 1. The van der Waals surface area contributed by atoms with Gasteiger partial charge in [-0.15, -0.1) is 0 Å². The molecule has 5 heteroatoms. The van der Waals surface area contributed by atoms with E-state index in [-0.39, 0.29) is 0 Å². The van der Waals surface area contributed by atoms with Crippen LogP contribution in [-0.4, -0.2) is 52.5 Å². The van der Waals surface area contributed by atoms with E-state index in [0.717, 1.165) is 36.5 Å². The molecular formula is C14H22N4S. The summed E-state index contributed by atoms with van der Waals surface area (Å²) in [4.78, 5) is 13.2. The summed E-state index contributed by atoms with van der Waals surface area (Å²) in [7, 11) is 0. The Morgan fingerprint density at radius 1 is 1.37 bits per heavy atom. The summed E-state index contributed by atoms with van der Waals surface area (Å²) in [6.07, 6.45) is 1.04. The van der Waals surface area contributed by atoms with Gasteiger partial charge in [0.25, 0.3) is 0 Å². The second-order valence-corrected chi connectivity index (χ2v) is 6.50. The zero-order chi connectivity index (χ0) is 13.4. The van der Waals surface area contributed by atoms with Gasteiger partial charge in [0.15, 0.2) is 0 Å². The Kier molecular flexibility index (Phi) is 3.69. The van der Waals surface area contributed by atoms with E-state index in [4.69, 9.17) is 12.2 Å². The molecule has 4 nitrogen and oxygen atoms in total. The van der Waals surface area contributed by atoms with E-state index in [1.54, 1.807) is 0 Å². The lowest BCUT2D eigenvalue weighted by molar-refractivity contribution is 0.00850. The summed E-state index contributed by atoms with van der Waals surface area (Å²) >= 11 is 5.33. The van der Waals surface area contributed by atoms with Crippen molar-refractivity contribution in [1.29, 1.82) is 0 Å². The van der Waals surface area contributed by atoms with E-state index in [0.29, 0.717) is 12.0 Å². The first kappa shape index (κ1) is 13.2. The highest BCUT2D eigenvalue weighted by molar-refractivity contribution is 7.71. The highest BCUT2D eigenvalue weighted by Crippen LogP contribution is 2.26. The van der Waals surface area contributed by atoms with Gasteiger partial charge in [-0.2, -0.15) is 0 Å². The summed E-state index contributed by atoms with van der Waals surface area (Å²) in [6, 6.07) is 2.41. The molecule has 1 N–H and O–H groups in total. The maximum absolute atomic E-state index is 5.33. The van der Waals surface area contributed by atoms with Gasteiger partial charge in [0.05, 0.1) is 6.04 Å². The Balaban J connectivity index is 1.88. The van der Waals surface area contributed by atoms with Crippen molar-refractivity contribution >= 4 is 12.2 Å². The predicted octanol–water partition coefficient (Wildman–Crippen LogP) is 2.01. The molecule has 1 unspecified atom stereocenters. The maximum Gasteiger partial charge on any atom is 0.130 e. The first-order valence-electron chi connectivity index (χ1n) is 7.18. The number of aromatic amines is 1. The Morgan fingerprint density at radius 3 is 2.68 bits per heavy atom. The predicted molar refractivity (Wildman–Crippen MR) is 78.7 cm³/mol. The third kappa shape index (κ3) is 2.88. The smallest absolute Gasteiger partial charge is 0.130 e. The molecular weight excluding hydrogens is 256 g/mol. The van der Waals surface area contributed by atoms with Gasteiger partial charge in [0.2, 0.25) is 0 Å². The minimum absolute atomic E-state index is 0.399. The molecule has 4 rings (SSSR count). The van der Waals surface area contributed by atoms with Gasteiger partial charge in [-0.05, 0) is 18.4 Å². The summed E-state index contributed by atoms with van der Waals surface area (Å²) < 4.78 is 0.724. The Bertz CT molecular complexity index is 502. The monoisotopic (exact) mass is 278 g/mol. The van der Waals surface area contributed by atoms with Gasteiger partial charge < -0.3 is 4.98 Å². The van der Waals surface area contributed by atoms with E-state index in [9.17, 15) is 0 Å². The van der Waals surface area contributed by atoms with Crippen LogP contribution in [0.4, 0.5) is 0 Å². The molecule has 2 bridgehead atoms. The Labute approximate surface area is 119 Å². The number of nitrogens with zero attached hydrogens (tertiary/aromatic N) is 3. The zero-order valence-corrected chi connectivity index (χ0v) is 12.5. The van der Waals surface area contributed by atoms with Crippen LogP contribution in [-0.2, 0) is 6.42 Å². The van der Waals surface area contributed by atoms with Crippen LogP contribution in [0.5, 0.6) is 0 Å². The van der Waals surface area contributed by atoms with Crippen LogP contribution in [0, 0.1) is 10.6 Å². The first-order valence-corrected chi connectivity index (χ1v) is 7.59. The van der Waals surface area contributed by atoms with Crippen LogP contribution >= 0.6 is 12.2 Å². The fourth-order valence-electron chi connectivity index (χ4n) is 3.11. The number of hydrogen-bond acceptors (Lipinski definition) is 4. The second kappa shape index (κ2) is 5.31. The summed E-state index contributed by atoms with van der Waals surface area (Å²) in [5.74, 6) is 1.69. The van der Waals surface area contributed by atoms with Crippen molar-refractivity contribution in [2.45, 2.75) is 26.3 Å². The minimum atomic E-state index is 0.399. The Morgan fingerprint density at radius 2 is 2.11 bits per heavy atom. The molecule has 3 fully saturated rings. The first-order chi connectivity index (χ1) is 9.11. The van der Waals surface area contributed by atoms with Crippen LogP contribution in [0.15, 0.2) is 6.07 Å². The van der Waals surface area contributed by atoms with Gasteiger partial charge in [0, 0.05) is 38.4 Å². The lowest BCUT2D eigenvalue weighted by Gasteiger charge is -2.46. The number of fused-ring (bicyclic) bond motifs is 3. The van der Waals surface area contributed by atoms with E-state index in [2.05, 4.69) is 33.6 Å². The van der Waals surface area contributed by atoms with Crippen molar-refractivity contribution in [3.05, 3.63) is 22.2 Å². The molecule has 1 aromatic heterocycles. The molecule has 3 saturated heterocycles. The minimum Gasteiger partial charge on any atom is -0.346 e. The van der Waals surface area contributed by atoms with Crippen molar-refractivity contribution in [2.24, 2.45) is 5.92 Å². The third-order valence-electron chi connectivity index (χ3n) is 4.04. The van der Waals surface area contributed by atoms with Crippen molar-refractivity contribution in [3.8, 4) is 0 Å².